The second-order valence-electron chi connectivity index (χ2n) is 8.38. The van der Waals surface area contributed by atoms with E-state index in [1.54, 1.807) is 0 Å². The number of nitrogens with one attached hydrogen (secondary N) is 1. The summed E-state index contributed by atoms with van der Waals surface area (Å²) in [4.78, 5) is 12.1. The molecule has 0 heterocycles. The van der Waals surface area contributed by atoms with Crippen LogP contribution in [0.5, 0.6) is 0 Å². The number of benzene rings is 1. The Kier molecular flexibility index (Phi) is 7.09. The molecule has 2 aliphatic carbocycles. The van der Waals surface area contributed by atoms with E-state index < -0.39 is 24.0 Å². The Morgan fingerprint density at radius 3 is 2.31 bits per heavy atom. The van der Waals surface area contributed by atoms with Crippen molar-refractivity contribution in [1.29, 1.82) is 0 Å². The summed E-state index contributed by atoms with van der Waals surface area (Å²) in [5.41, 5.74) is 2.00. The van der Waals surface area contributed by atoms with E-state index in [9.17, 15) is 23.1 Å². The Labute approximate surface area is 169 Å². The molecule has 0 saturated heterocycles. The topological polar surface area (TPSA) is 58.6 Å². The summed E-state index contributed by atoms with van der Waals surface area (Å²) in [6.45, 7) is 0.309. The lowest BCUT2D eigenvalue weighted by molar-refractivity contribution is -0.188. The van der Waals surface area contributed by atoms with Crippen LogP contribution in [0.3, 0.4) is 0 Å². The van der Waals surface area contributed by atoms with Crippen molar-refractivity contribution in [3.63, 3.8) is 0 Å². The zero-order valence-corrected chi connectivity index (χ0v) is 16.8. The van der Waals surface area contributed by atoms with Crippen molar-refractivity contribution in [1.82, 2.24) is 0 Å². The first-order valence-corrected chi connectivity index (χ1v) is 10.5. The van der Waals surface area contributed by atoms with Crippen molar-refractivity contribution in [3.8, 4) is 0 Å². The molecule has 0 aliphatic heterocycles. The predicted octanol–water partition coefficient (Wildman–Crippen LogP) is 5.45. The van der Waals surface area contributed by atoms with Crippen LogP contribution in [0.15, 0.2) is 24.3 Å². The molecule has 2 N–H and O–H groups in total. The van der Waals surface area contributed by atoms with Crippen LogP contribution in [0.2, 0.25) is 0 Å². The van der Waals surface area contributed by atoms with Gasteiger partial charge < -0.3 is 15.2 Å². The number of rotatable bonds is 6. The zero-order chi connectivity index (χ0) is 21.0. The fraction of sp³-hybridized carbons (Fsp3) is 0.682. The van der Waals surface area contributed by atoms with E-state index in [0.29, 0.717) is 19.4 Å². The highest BCUT2D eigenvalue weighted by Crippen LogP contribution is 2.43. The molecule has 4 nitrogen and oxygen atoms in total. The first-order valence-electron chi connectivity index (χ1n) is 10.5. The molecule has 7 heteroatoms. The molecule has 29 heavy (non-hydrogen) atoms. The van der Waals surface area contributed by atoms with Gasteiger partial charge in [0.05, 0.1) is 24.5 Å². The fourth-order valence-electron chi connectivity index (χ4n) is 4.94. The smallest absolute Gasteiger partial charge is 0.391 e. The van der Waals surface area contributed by atoms with E-state index in [4.69, 9.17) is 4.74 Å². The van der Waals surface area contributed by atoms with Crippen LogP contribution < -0.4 is 5.32 Å². The maximum atomic E-state index is 12.8. The summed E-state index contributed by atoms with van der Waals surface area (Å²) in [5, 5.41) is 13.0. The van der Waals surface area contributed by atoms with Crippen LogP contribution in [-0.2, 0) is 9.53 Å². The van der Waals surface area contributed by atoms with Gasteiger partial charge in [-0.05, 0) is 68.1 Å². The molecule has 3 rings (SSSR count). The first-order chi connectivity index (χ1) is 13.8. The van der Waals surface area contributed by atoms with E-state index in [0.717, 1.165) is 30.5 Å². The minimum Gasteiger partial charge on any atom is -0.481 e. The van der Waals surface area contributed by atoms with Gasteiger partial charge in [-0.3, -0.25) is 4.79 Å². The van der Waals surface area contributed by atoms with Gasteiger partial charge in [-0.1, -0.05) is 18.6 Å². The summed E-state index contributed by atoms with van der Waals surface area (Å²) in [6.07, 6.45) is -0.812. The number of hydrogen-bond acceptors (Lipinski definition) is 3. The number of carboxylic acid groups (broad SMARTS) is 1. The normalized spacial score (nSPS) is 30.7. The number of halogens is 3. The first kappa shape index (κ1) is 21.9. The predicted molar refractivity (Wildman–Crippen MR) is 105 cm³/mol. The van der Waals surface area contributed by atoms with Gasteiger partial charge in [-0.15, -0.1) is 0 Å². The van der Waals surface area contributed by atoms with Crippen LogP contribution in [-0.4, -0.2) is 37.0 Å². The van der Waals surface area contributed by atoms with Gasteiger partial charge in [0.1, 0.15) is 0 Å². The average Bonchev–Trinajstić information content (AvgIpc) is 2.71. The third-order valence-electron chi connectivity index (χ3n) is 6.63. The van der Waals surface area contributed by atoms with Crippen LogP contribution in [0, 0.1) is 17.8 Å². The largest absolute Gasteiger partial charge is 0.481 e. The second kappa shape index (κ2) is 9.37. The molecular formula is C22H30F3NO3. The minimum absolute atomic E-state index is 0.0679. The van der Waals surface area contributed by atoms with Crippen molar-refractivity contribution >= 4 is 11.7 Å². The number of alkyl halides is 3. The molecule has 2 saturated carbocycles. The summed E-state index contributed by atoms with van der Waals surface area (Å²) in [5.74, 6) is -2.76. The van der Waals surface area contributed by atoms with Gasteiger partial charge in [-0.2, -0.15) is 13.2 Å². The van der Waals surface area contributed by atoms with E-state index >= 15 is 0 Å². The highest BCUT2D eigenvalue weighted by Gasteiger charge is 2.43. The standard InChI is InChI=1S/C22H30F3NO3/c1-26-17-9-5-14(6-10-17)19-4-2-3-15(20(19)21(27)28)13-29-18-11-7-16(8-12-18)22(23,24)25/h5-6,9-10,15-16,18-20,26H,2-4,7-8,11-13H2,1H3,(H,27,28)/t15-,16?,18?,19+,20-/m0/s1. The molecule has 2 aliphatic rings. The number of anilines is 1. The summed E-state index contributed by atoms with van der Waals surface area (Å²) < 4.78 is 44.4. The number of carbonyl (C=O) groups is 1. The highest BCUT2D eigenvalue weighted by atomic mass is 19.4. The molecule has 0 bridgehead atoms. The molecular weight excluding hydrogens is 383 g/mol. The lowest BCUT2D eigenvalue weighted by Gasteiger charge is -2.37. The molecule has 1 aromatic carbocycles. The van der Waals surface area contributed by atoms with Gasteiger partial charge >= 0.3 is 12.1 Å². The Morgan fingerprint density at radius 1 is 1.10 bits per heavy atom. The average molecular weight is 413 g/mol. The van der Waals surface area contributed by atoms with Gasteiger partial charge in [0.25, 0.3) is 0 Å². The Hall–Kier alpha value is -1.76. The summed E-state index contributed by atoms with van der Waals surface area (Å²) in [6, 6.07) is 7.86. The number of aliphatic carboxylic acids is 1. The summed E-state index contributed by atoms with van der Waals surface area (Å²) in [7, 11) is 1.84. The molecule has 2 fully saturated rings. The van der Waals surface area contributed by atoms with Crippen molar-refractivity contribution in [2.24, 2.45) is 17.8 Å². The lowest BCUT2D eigenvalue weighted by Crippen LogP contribution is -2.37. The van der Waals surface area contributed by atoms with Gasteiger partial charge in [0.2, 0.25) is 0 Å². The third-order valence-corrected chi connectivity index (χ3v) is 6.63. The lowest BCUT2D eigenvalue weighted by atomic mass is 9.69. The van der Waals surface area contributed by atoms with E-state index in [1.807, 2.05) is 31.3 Å². The second-order valence-corrected chi connectivity index (χ2v) is 8.38. The van der Waals surface area contributed by atoms with Crippen molar-refractivity contribution in [3.05, 3.63) is 29.8 Å². The molecule has 0 amide bonds. The van der Waals surface area contributed by atoms with Gasteiger partial charge in [0.15, 0.2) is 0 Å². The van der Waals surface area contributed by atoms with Crippen molar-refractivity contribution in [2.75, 3.05) is 19.0 Å². The van der Waals surface area contributed by atoms with E-state index in [1.165, 1.54) is 0 Å². The quantitative estimate of drug-likeness (QED) is 0.651. The van der Waals surface area contributed by atoms with Crippen LogP contribution in [0.4, 0.5) is 18.9 Å². The van der Waals surface area contributed by atoms with Gasteiger partial charge in [0, 0.05) is 12.7 Å². The minimum atomic E-state index is -4.13. The van der Waals surface area contributed by atoms with E-state index in [2.05, 4.69) is 5.32 Å². The van der Waals surface area contributed by atoms with Crippen molar-refractivity contribution in [2.45, 2.75) is 63.1 Å². The zero-order valence-electron chi connectivity index (χ0n) is 16.8. The highest BCUT2D eigenvalue weighted by molar-refractivity contribution is 5.72. The number of carboxylic acids is 1. The maximum absolute atomic E-state index is 12.8. The van der Waals surface area contributed by atoms with Crippen LogP contribution >= 0.6 is 0 Å². The van der Waals surface area contributed by atoms with Crippen LogP contribution in [0.25, 0.3) is 0 Å². The number of ether oxygens (including phenoxy) is 1. The molecule has 162 valence electrons. The Balaban J connectivity index is 1.60. The molecule has 0 spiro atoms. The maximum Gasteiger partial charge on any atom is 0.391 e. The molecule has 1 aromatic rings. The molecule has 3 atom stereocenters. The van der Waals surface area contributed by atoms with Gasteiger partial charge in [-0.25, -0.2) is 0 Å². The molecule has 0 radical (unpaired) electrons. The number of hydrogen-bond donors (Lipinski definition) is 2. The molecule has 0 aromatic heterocycles. The SMILES string of the molecule is CNc1ccc([C@H]2CCC[C@@H](COC3CCC(C(F)(F)F)CC3)[C@@H]2C(=O)O)cc1. The third kappa shape index (κ3) is 5.44. The fourth-order valence-corrected chi connectivity index (χ4v) is 4.94. The Bertz CT molecular complexity index is 669. The molecule has 0 unspecified atom stereocenters. The monoisotopic (exact) mass is 413 g/mol. The van der Waals surface area contributed by atoms with Crippen molar-refractivity contribution < 1.29 is 27.8 Å². The van der Waals surface area contributed by atoms with Crippen LogP contribution in [0.1, 0.15) is 56.4 Å². The summed E-state index contributed by atoms with van der Waals surface area (Å²) >= 11 is 0. The van der Waals surface area contributed by atoms with E-state index in [-0.39, 0.29) is 30.8 Å². The Morgan fingerprint density at radius 2 is 1.76 bits per heavy atom.